The number of carbonyl (C=O) groups excluding carboxylic acids is 1. The lowest BCUT2D eigenvalue weighted by molar-refractivity contribution is 0.0954. The van der Waals surface area contributed by atoms with Gasteiger partial charge in [-0.25, -0.2) is 4.98 Å². The summed E-state index contributed by atoms with van der Waals surface area (Å²) >= 11 is 0. The number of aromatic nitrogens is 2. The third-order valence-electron chi connectivity index (χ3n) is 3.97. The molecule has 0 aliphatic rings. The molecule has 0 bridgehead atoms. The summed E-state index contributed by atoms with van der Waals surface area (Å²) in [5.41, 5.74) is 2.59. The molecule has 0 radical (unpaired) electrons. The van der Waals surface area contributed by atoms with Gasteiger partial charge < -0.3 is 15.0 Å². The molecule has 3 aromatic rings. The van der Waals surface area contributed by atoms with Gasteiger partial charge in [0.05, 0.1) is 17.6 Å². The molecule has 25 heavy (non-hydrogen) atoms. The van der Waals surface area contributed by atoms with Gasteiger partial charge in [-0.1, -0.05) is 25.5 Å². The molecule has 2 aromatic carbocycles. The average Bonchev–Trinajstić information content (AvgIpc) is 3.05. The van der Waals surface area contributed by atoms with Crippen molar-refractivity contribution in [3.05, 3.63) is 59.9 Å². The van der Waals surface area contributed by atoms with E-state index in [0.717, 1.165) is 35.4 Å². The van der Waals surface area contributed by atoms with E-state index in [2.05, 4.69) is 22.2 Å². The summed E-state index contributed by atoms with van der Waals surface area (Å²) in [6.45, 7) is 3.37. The van der Waals surface area contributed by atoms with Crippen LogP contribution in [0, 0.1) is 0 Å². The first-order valence-electron chi connectivity index (χ1n) is 8.71. The second kappa shape index (κ2) is 8.33. The minimum absolute atomic E-state index is 0.0868. The number of amides is 1. The summed E-state index contributed by atoms with van der Waals surface area (Å²) in [5, 5.41) is 2.92. The van der Waals surface area contributed by atoms with Crippen molar-refractivity contribution in [3.63, 3.8) is 0 Å². The van der Waals surface area contributed by atoms with Crippen LogP contribution in [0.4, 0.5) is 0 Å². The highest BCUT2D eigenvalue weighted by Gasteiger charge is 2.07. The Morgan fingerprint density at radius 2 is 1.96 bits per heavy atom. The van der Waals surface area contributed by atoms with Crippen molar-refractivity contribution >= 4 is 16.9 Å². The Bertz CT molecular complexity index is 791. The third kappa shape index (κ3) is 4.59. The number of fused-ring (bicyclic) bond motifs is 1. The summed E-state index contributed by atoms with van der Waals surface area (Å²) in [6.07, 6.45) is 2.80. The van der Waals surface area contributed by atoms with Crippen LogP contribution in [0.3, 0.4) is 0 Å². The monoisotopic (exact) mass is 337 g/mol. The maximum absolute atomic E-state index is 12.2. The number of nitrogens with zero attached hydrogens (tertiary/aromatic N) is 1. The summed E-state index contributed by atoms with van der Waals surface area (Å²) in [4.78, 5) is 20.0. The molecule has 0 saturated heterocycles. The summed E-state index contributed by atoms with van der Waals surface area (Å²) in [6, 6.07) is 15.2. The van der Waals surface area contributed by atoms with Crippen molar-refractivity contribution in [2.45, 2.75) is 26.2 Å². The van der Waals surface area contributed by atoms with Gasteiger partial charge in [0.15, 0.2) is 0 Å². The molecule has 0 saturated carbocycles. The molecule has 5 heteroatoms. The second-order valence-electron chi connectivity index (χ2n) is 5.93. The van der Waals surface area contributed by atoms with E-state index in [1.54, 1.807) is 12.1 Å². The standard InChI is InChI=1S/C20H23N3O2/c1-2-3-14-25-16-10-8-15(9-11-16)20(24)21-13-12-19-22-17-6-4-5-7-18(17)23-19/h4-11H,2-3,12-14H2,1H3,(H,21,24)(H,22,23). The third-order valence-corrected chi connectivity index (χ3v) is 3.97. The zero-order chi connectivity index (χ0) is 17.5. The highest BCUT2D eigenvalue weighted by molar-refractivity contribution is 5.94. The fourth-order valence-corrected chi connectivity index (χ4v) is 2.56. The quantitative estimate of drug-likeness (QED) is 0.616. The highest BCUT2D eigenvalue weighted by atomic mass is 16.5. The van der Waals surface area contributed by atoms with Crippen molar-refractivity contribution in [1.82, 2.24) is 15.3 Å². The first kappa shape index (κ1) is 17.0. The van der Waals surface area contributed by atoms with Gasteiger partial charge in [-0.2, -0.15) is 0 Å². The van der Waals surface area contributed by atoms with Crippen molar-refractivity contribution in [1.29, 1.82) is 0 Å². The number of carbonyl (C=O) groups is 1. The SMILES string of the molecule is CCCCOc1ccc(C(=O)NCCc2nc3ccccc3[nH]2)cc1. The van der Waals surface area contributed by atoms with Crippen LogP contribution < -0.4 is 10.1 Å². The molecule has 0 fully saturated rings. The molecule has 0 atom stereocenters. The molecule has 1 aromatic heterocycles. The van der Waals surface area contributed by atoms with Gasteiger partial charge in [-0.05, 0) is 42.8 Å². The smallest absolute Gasteiger partial charge is 0.251 e. The molecule has 0 unspecified atom stereocenters. The molecule has 0 aliphatic carbocycles. The molecule has 5 nitrogen and oxygen atoms in total. The lowest BCUT2D eigenvalue weighted by atomic mass is 10.2. The van der Waals surface area contributed by atoms with E-state index in [1.165, 1.54) is 0 Å². The fraction of sp³-hybridized carbons (Fsp3) is 0.300. The number of hydrogen-bond acceptors (Lipinski definition) is 3. The van der Waals surface area contributed by atoms with Crippen molar-refractivity contribution in [2.75, 3.05) is 13.2 Å². The van der Waals surface area contributed by atoms with Crippen molar-refractivity contribution in [2.24, 2.45) is 0 Å². The van der Waals surface area contributed by atoms with Crippen molar-refractivity contribution < 1.29 is 9.53 Å². The fourth-order valence-electron chi connectivity index (χ4n) is 2.56. The normalized spacial score (nSPS) is 10.8. The number of para-hydroxylation sites is 2. The molecule has 1 heterocycles. The molecular formula is C20H23N3O2. The number of hydrogen-bond donors (Lipinski definition) is 2. The number of benzene rings is 2. The van der Waals surface area contributed by atoms with Crippen LogP contribution in [0.2, 0.25) is 0 Å². The predicted molar refractivity (Wildman–Crippen MR) is 99.0 cm³/mol. The predicted octanol–water partition coefficient (Wildman–Crippen LogP) is 3.71. The van der Waals surface area contributed by atoms with Gasteiger partial charge in [0, 0.05) is 18.5 Å². The van der Waals surface area contributed by atoms with Crippen molar-refractivity contribution in [3.8, 4) is 5.75 Å². The van der Waals surface area contributed by atoms with Gasteiger partial charge in [-0.15, -0.1) is 0 Å². The Balaban J connectivity index is 1.48. The summed E-state index contributed by atoms with van der Waals surface area (Å²) < 4.78 is 5.60. The van der Waals surface area contributed by atoms with E-state index in [4.69, 9.17) is 4.74 Å². The number of nitrogens with one attached hydrogen (secondary N) is 2. The van der Waals surface area contributed by atoms with Gasteiger partial charge in [-0.3, -0.25) is 4.79 Å². The van der Waals surface area contributed by atoms with Gasteiger partial charge >= 0.3 is 0 Å². The molecule has 2 N–H and O–H groups in total. The lowest BCUT2D eigenvalue weighted by Crippen LogP contribution is -2.25. The van der Waals surface area contributed by atoms with Crippen LogP contribution >= 0.6 is 0 Å². The Morgan fingerprint density at radius 3 is 2.72 bits per heavy atom. The van der Waals surface area contributed by atoms with E-state index in [0.29, 0.717) is 25.1 Å². The minimum Gasteiger partial charge on any atom is -0.494 e. The maximum Gasteiger partial charge on any atom is 0.251 e. The van der Waals surface area contributed by atoms with E-state index in [-0.39, 0.29) is 5.91 Å². The molecule has 1 amide bonds. The Kier molecular flexibility index (Phi) is 5.67. The summed E-state index contributed by atoms with van der Waals surface area (Å²) in [7, 11) is 0. The first-order chi connectivity index (χ1) is 12.3. The van der Waals surface area contributed by atoms with E-state index < -0.39 is 0 Å². The lowest BCUT2D eigenvalue weighted by Gasteiger charge is -2.07. The number of rotatable bonds is 8. The van der Waals surface area contributed by atoms with Crippen LogP contribution in [0.15, 0.2) is 48.5 Å². The minimum atomic E-state index is -0.0868. The zero-order valence-electron chi connectivity index (χ0n) is 14.4. The molecule has 0 aliphatic heterocycles. The van der Waals surface area contributed by atoms with E-state index in [1.807, 2.05) is 36.4 Å². The maximum atomic E-state index is 12.2. The Hall–Kier alpha value is -2.82. The van der Waals surface area contributed by atoms with Crippen LogP contribution in [-0.2, 0) is 6.42 Å². The molecular weight excluding hydrogens is 314 g/mol. The first-order valence-corrected chi connectivity index (χ1v) is 8.71. The van der Waals surface area contributed by atoms with Crippen LogP contribution in [0.5, 0.6) is 5.75 Å². The van der Waals surface area contributed by atoms with E-state index in [9.17, 15) is 4.79 Å². The number of aromatic amines is 1. The van der Waals surface area contributed by atoms with E-state index >= 15 is 0 Å². The molecule has 3 rings (SSSR count). The van der Waals surface area contributed by atoms with Gasteiger partial charge in [0.25, 0.3) is 5.91 Å². The Morgan fingerprint density at radius 1 is 1.16 bits per heavy atom. The number of unbranched alkanes of at least 4 members (excludes halogenated alkanes) is 1. The van der Waals surface area contributed by atoms with Crippen LogP contribution in [0.1, 0.15) is 35.9 Å². The highest BCUT2D eigenvalue weighted by Crippen LogP contribution is 2.13. The van der Waals surface area contributed by atoms with Crippen LogP contribution in [-0.4, -0.2) is 29.0 Å². The second-order valence-corrected chi connectivity index (χ2v) is 5.93. The Labute approximate surface area is 147 Å². The topological polar surface area (TPSA) is 67.0 Å². The van der Waals surface area contributed by atoms with Crippen LogP contribution in [0.25, 0.3) is 11.0 Å². The number of H-pyrrole nitrogens is 1. The summed E-state index contributed by atoms with van der Waals surface area (Å²) in [5.74, 6) is 1.59. The average molecular weight is 337 g/mol. The van der Waals surface area contributed by atoms with Gasteiger partial charge in [0.2, 0.25) is 0 Å². The number of imidazole rings is 1. The molecule has 0 spiro atoms. The molecule has 130 valence electrons. The van der Waals surface area contributed by atoms with Gasteiger partial charge in [0.1, 0.15) is 11.6 Å². The zero-order valence-corrected chi connectivity index (χ0v) is 14.4. The number of ether oxygens (including phenoxy) is 1. The largest absolute Gasteiger partial charge is 0.494 e.